The second-order valence-electron chi connectivity index (χ2n) is 6.76. The van der Waals surface area contributed by atoms with Gasteiger partial charge in [0.2, 0.25) is 11.8 Å². The molecule has 2 aliphatic rings. The van der Waals surface area contributed by atoms with Gasteiger partial charge in [-0.2, -0.15) is 0 Å². The van der Waals surface area contributed by atoms with Crippen molar-refractivity contribution in [1.29, 1.82) is 0 Å². The van der Waals surface area contributed by atoms with Gasteiger partial charge in [-0.25, -0.2) is 5.01 Å². The third-order valence-electron chi connectivity index (χ3n) is 4.90. The minimum atomic E-state index is -0.641. The van der Waals surface area contributed by atoms with Gasteiger partial charge in [0.15, 0.2) is 5.17 Å². The molecule has 128 valence electrons. The number of thioether (sulfide) groups is 1. The van der Waals surface area contributed by atoms with Crippen LogP contribution in [0.1, 0.15) is 41.0 Å². The van der Waals surface area contributed by atoms with E-state index in [9.17, 15) is 14.4 Å². The molecule has 0 saturated heterocycles. The van der Waals surface area contributed by atoms with Crippen LogP contribution in [0.3, 0.4) is 0 Å². The molecule has 0 aromatic rings. The monoisotopic (exact) mass is 341 g/mol. The second-order valence-corrected chi connectivity index (χ2v) is 8.18. The first-order valence-electron chi connectivity index (χ1n) is 7.48. The first-order chi connectivity index (χ1) is 10.5. The van der Waals surface area contributed by atoms with Crippen molar-refractivity contribution in [2.45, 2.75) is 45.9 Å². The normalized spacial score (nSPS) is 31.9. The smallest absolute Gasteiger partial charge is 0.309 e. The van der Waals surface area contributed by atoms with Crippen molar-refractivity contribution < 1.29 is 19.1 Å². The SMILES string of the molecule is COC(=O)[C@H]1C[C@@H](C2(C)SC(NC(C)=O)=NN2C(C)=O)C1(C)C. The number of carbonyl (C=O) groups excluding carboxylic acids is 3. The average molecular weight is 341 g/mol. The Morgan fingerprint density at radius 2 is 1.91 bits per heavy atom. The Hall–Kier alpha value is -1.57. The fourth-order valence-corrected chi connectivity index (χ4v) is 5.14. The van der Waals surface area contributed by atoms with Crippen LogP contribution in [0.2, 0.25) is 0 Å². The van der Waals surface area contributed by atoms with E-state index in [4.69, 9.17) is 4.74 Å². The summed E-state index contributed by atoms with van der Waals surface area (Å²) in [6.07, 6.45) is 0.621. The zero-order valence-electron chi connectivity index (χ0n) is 14.3. The number of esters is 1. The highest BCUT2D eigenvalue weighted by Crippen LogP contribution is 2.61. The van der Waals surface area contributed by atoms with E-state index in [0.29, 0.717) is 11.6 Å². The molecular weight excluding hydrogens is 318 g/mol. The van der Waals surface area contributed by atoms with Gasteiger partial charge in [-0.3, -0.25) is 14.4 Å². The summed E-state index contributed by atoms with van der Waals surface area (Å²) < 4.78 is 4.87. The molecule has 0 spiro atoms. The van der Waals surface area contributed by atoms with Gasteiger partial charge in [-0.05, 0) is 18.8 Å². The molecular formula is C15H23N3O4S. The van der Waals surface area contributed by atoms with Crippen molar-refractivity contribution in [3.8, 4) is 0 Å². The number of hydrogen-bond donors (Lipinski definition) is 1. The summed E-state index contributed by atoms with van der Waals surface area (Å²) in [7, 11) is 1.39. The highest BCUT2D eigenvalue weighted by molar-refractivity contribution is 8.15. The molecule has 0 aromatic carbocycles. The molecule has 1 heterocycles. The van der Waals surface area contributed by atoms with Gasteiger partial charge < -0.3 is 10.1 Å². The van der Waals surface area contributed by atoms with E-state index in [2.05, 4.69) is 10.4 Å². The maximum atomic E-state index is 12.0. The zero-order chi connectivity index (χ0) is 17.6. The lowest BCUT2D eigenvalue weighted by atomic mass is 9.52. The maximum Gasteiger partial charge on any atom is 0.309 e. The summed E-state index contributed by atoms with van der Waals surface area (Å²) in [5.74, 6) is -0.811. The van der Waals surface area contributed by atoms with Gasteiger partial charge in [0, 0.05) is 19.8 Å². The first kappa shape index (κ1) is 17.8. The summed E-state index contributed by atoms with van der Waals surface area (Å²) in [6, 6.07) is 0. The number of methoxy groups -OCH3 is 1. The Labute approximate surface area is 140 Å². The molecule has 3 atom stereocenters. The molecule has 1 aliphatic heterocycles. The van der Waals surface area contributed by atoms with Crippen LogP contribution in [0.5, 0.6) is 0 Å². The van der Waals surface area contributed by atoms with E-state index >= 15 is 0 Å². The van der Waals surface area contributed by atoms with Gasteiger partial charge >= 0.3 is 5.97 Å². The van der Waals surface area contributed by atoms with Gasteiger partial charge in [0.1, 0.15) is 4.87 Å². The lowest BCUT2D eigenvalue weighted by Crippen LogP contribution is -2.61. The van der Waals surface area contributed by atoms with E-state index in [0.717, 1.165) is 0 Å². The van der Waals surface area contributed by atoms with Crippen molar-refractivity contribution in [3.05, 3.63) is 0 Å². The average Bonchev–Trinajstić information content (AvgIpc) is 2.73. The van der Waals surface area contributed by atoms with E-state index in [1.807, 2.05) is 20.8 Å². The minimum Gasteiger partial charge on any atom is -0.469 e. The maximum absolute atomic E-state index is 12.0. The largest absolute Gasteiger partial charge is 0.469 e. The molecule has 1 aliphatic carbocycles. The Kier molecular flexibility index (Phi) is 4.49. The van der Waals surface area contributed by atoms with Crippen LogP contribution in [0.25, 0.3) is 0 Å². The molecule has 1 unspecified atom stereocenters. The molecule has 0 radical (unpaired) electrons. The number of rotatable bonds is 2. The van der Waals surface area contributed by atoms with Crippen molar-refractivity contribution in [3.63, 3.8) is 0 Å². The lowest BCUT2D eigenvalue weighted by molar-refractivity contribution is -0.169. The predicted molar refractivity (Wildman–Crippen MR) is 87.2 cm³/mol. The summed E-state index contributed by atoms with van der Waals surface area (Å²) in [5, 5.41) is 8.73. The molecule has 0 aromatic heterocycles. The van der Waals surface area contributed by atoms with Crippen LogP contribution in [0.15, 0.2) is 5.10 Å². The quantitative estimate of drug-likeness (QED) is 0.770. The van der Waals surface area contributed by atoms with Gasteiger partial charge in [0.25, 0.3) is 0 Å². The number of amidine groups is 1. The highest BCUT2D eigenvalue weighted by atomic mass is 32.2. The molecule has 2 amide bonds. The predicted octanol–water partition coefficient (Wildman–Crippen LogP) is 1.54. The third kappa shape index (κ3) is 2.84. The Bertz CT molecular complexity index is 589. The summed E-state index contributed by atoms with van der Waals surface area (Å²) in [5.41, 5.74) is -0.330. The Balaban J connectivity index is 2.26. The summed E-state index contributed by atoms with van der Waals surface area (Å²) >= 11 is 1.36. The topological polar surface area (TPSA) is 88.1 Å². The van der Waals surface area contributed by atoms with Crippen LogP contribution in [-0.2, 0) is 19.1 Å². The number of amides is 2. The molecule has 1 fully saturated rings. The van der Waals surface area contributed by atoms with E-state index < -0.39 is 4.87 Å². The van der Waals surface area contributed by atoms with Crippen LogP contribution in [-0.4, -0.2) is 39.9 Å². The molecule has 8 heteroatoms. The van der Waals surface area contributed by atoms with Crippen LogP contribution in [0.4, 0.5) is 0 Å². The second kappa shape index (κ2) is 5.81. The fraction of sp³-hybridized carbons (Fsp3) is 0.733. The van der Waals surface area contributed by atoms with E-state index in [-0.39, 0.29) is 35.0 Å². The van der Waals surface area contributed by atoms with Crippen molar-refractivity contribution >= 4 is 34.7 Å². The molecule has 23 heavy (non-hydrogen) atoms. The number of hydrogen-bond acceptors (Lipinski definition) is 6. The van der Waals surface area contributed by atoms with E-state index in [1.54, 1.807) is 0 Å². The van der Waals surface area contributed by atoms with Gasteiger partial charge in [-0.15, -0.1) is 5.10 Å². The van der Waals surface area contributed by atoms with Crippen molar-refractivity contribution in [1.82, 2.24) is 10.3 Å². The van der Waals surface area contributed by atoms with Crippen LogP contribution >= 0.6 is 11.8 Å². The molecule has 7 nitrogen and oxygen atoms in total. The summed E-state index contributed by atoms with van der Waals surface area (Å²) in [6.45, 7) is 8.78. The van der Waals surface area contributed by atoms with Crippen LogP contribution in [0, 0.1) is 17.3 Å². The van der Waals surface area contributed by atoms with E-state index in [1.165, 1.54) is 37.7 Å². The van der Waals surface area contributed by atoms with Crippen LogP contribution < -0.4 is 5.32 Å². The number of nitrogens with zero attached hydrogens (tertiary/aromatic N) is 2. The Morgan fingerprint density at radius 1 is 1.30 bits per heavy atom. The molecule has 2 rings (SSSR count). The number of hydrazone groups is 1. The lowest BCUT2D eigenvalue weighted by Gasteiger charge is -2.57. The molecule has 0 bridgehead atoms. The zero-order valence-corrected chi connectivity index (χ0v) is 15.1. The summed E-state index contributed by atoms with van der Waals surface area (Å²) in [4.78, 5) is 34.6. The van der Waals surface area contributed by atoms with Gasteiger partial charge in [0.05, 0.1) is 13.0 Å². The number of carbonyl (C=O) groups is 3. The standard InChI is InChI=1S/C15H23N3O4S/c1-8(19)16-13-17-18(9(2)20)15(5,23-13)11-7-10(12(21)22-6)14(11,3)4/h10-11H,7H2,1-6H3,(H,16,17,19)/t10-,11-,15?/m1/s1. The molecule has 1 N–H and O–H groups in total. The fourth-order valence-electron chi connectivity index (χ4n) is 3.63. The third-order valence-corrected chi connectivity index (χ3v) is 6.14. The van der Waals surface area contributed by atoms with Crippen molar-refractivity contribution in [2.75, 3.05) is 7.11 Å². The first-order valence-corrected chi connectivity index (χ1v) is 8.29. The highest BCUT2D eigenvalue weighted by Gasteiger charge is 2.63. The van der Waals surface area contributed by atoms with Gasteiger partial charge in [-0.1, -0.05) is 25.6 Å². The number of nitrogens with one attached hydrogen (secondary N) is 1. The van der Waals surface area contributed by atoms with Crippen molar-refractivity contribution in [2.24, 2.45) is 22.4 Å². The number of ether oxygens (including phenoxy) is 1. The molecule has 1 saturated carbocycles. The Morgan fingerprint density at radius 3 is 2.35 bits per heavy atom. The minimum absolute atomic E-state index is 0.0445.